The quantitative estimate of drug-likeness (QED) is 0.0211. The molecule has 15 nitrogen and oxygen atoms in total. The maximum absolute atomic E-state index is 12.9. The molecule has 0 aromatic rings. The summed E-state index contributed by atoms with van der Waals surface area (Å²) in [6.45, 7) is 2.44. The summed E-state index contributed by atoms with van der Waals surface area (Å²) in [6, 6.07) is 0. The second-order valence-electron chi connectivity index (χ2n) is 17.3. The van der Waals surface area contributed by atoms with E-state index in [0.717, 1.165) is 57.8 Å². The third-order valence-corrected chi connectivity index (χ3v) is 11.6. The molecule has 11 unspecified atom stereocenters. The van der Waals surface area contributed by atoms with E-state index in [0.29, 0.717) is 12.8 Å². The van der Waals surface area contributed by atoms with Crippen molar-refractivity contribution in [3.8, 4) is 0 Å². The highest BCUT2D eigenvalue weighted by Gasteiger charge is 2.47. The predicted molar refractivity (Wildman–Crippen MR) is 243 cm³/mol. The van der Waals surface area contributed by atoms with Gasteiger partial charge in [0.1, 0.15) is 55.4 Å². The topological polar surface area (TPSA) is 231 Å². The van der Waals surface area contributed by atoms with Crippen LogP contribution >= 0.6 is 0 Å². The van der Waals surface area contributed by atoms with Gasteiger partial charge in [0.05, 0.1) is 19.8 Å². The van der Waals surface area contributed by atoms with Crippen molar-refractivity contribution in [1.29, 1.82) is 0 Å². The van der Waals surface area contributed by atoms with E-state index in [1.54, 1.807) is 0 Å². The molecule has 0 spiro atoms. The van der Waals surface area contributed by atoms with Crippen LogP contribution in [0.5, 0.6) is 0 Å². The van der Waals surface area contributed by atoms with Crippen molar-refractivity contribution in [3.05, 3.63) is 36.5 Å². The number of rotatable bonds is 37. The molecule has 64 heavy (non-hydrogen) atoms. The first kappa shape index (κ1) is 57.8. The van der Waals surface area contributed by atoms with Gasteiger partial charge in [-0.15, -0.1) is 0 Å². The summed E-state index contributed by atoms with van der Waals surface area (Å²) < 4.78 is 33.5. The normalized spacial score (nSPS) is 26.9. The van der Waals surface area contributed by atoms with Gasteiger partial charge < -0.3 is 64.2 Å². The molecule has 2 saturated heterocycles. The largest absolute Gasteiger partial charge is 0.462 e. The standard InChI is InChI=1S/C49H86O15/c1-3-5-7-9-11-13-15-17-18-20-21-23-25-27-29-31-40(51)59-34-37(62-41(52)32-30-28-26-24-22-19-16-14-12-10-8-6-4-2)35-60-48-47(58)45(56)43(54)39(64-48)36-61-49-46(57)44(55)42(53)38(33-50)63-49/h6,8,12,14,19,22,37-39,42-50,53-58H,3-5,7,9-11,13,15-18,20-21,23-36H2,1-2H3/b8-6-,14-12-,22-19-. The Morgan fingerprint density at radius 1 is 0.516 bits per heavy atom. The average molecular weight is 915 g/mol. The van der Waals surface area contributed by atoms with Crippen molar-refractivity contribution in [3.63, 3.8) is 0 Å². The predicted octanol–water partition coefficient (Wildman–Crippen LogP) is 6.15. The molecular formula is C49H86O15. The number of unbranched alkanes of at least 4 members (excludes halogenated alkanes) is 17. The van der Waals surface area contributed by atoms with Gasteiger partial charge in [0.15, 0.2) is 18.7 Å². The smallest absolute Gasteiger partial charge is 0.306 e. The second kappa shape index (κ2) is 36.8. The molecule has 0 aliphatic carbocycles. The molecule has 2 heterocycles. The van der Waals surface area contributed by atoms with Crippen LogP contribution in [-0.2, 0) is 38.0 Å². The first-order valence-electron chi connectivity index (χ1n) is 24.6. The molecule has 15 heteroatoms. The summed E-state index contributed by atoms with van der Waals surface area (Å²) in [5, 5.41) is 72.0. The summed E-state index contributed by atoms with van der Waals surface area (Å²) in [4.78, 5) is 25.7. The minimum absolute atomic E-state index is 0.131. The number of hydrogen-bond donors (Lipinski definition) is 7. The van der Waals surface area contributed by atoms with E-state index in [4.69, 9.17) is 28.4 Å². The Kier molecular flexibility index (Phi) is 33.3. The fourth-order valence-electron chi connectivity index (χ4n) is 7.58. The van der Waals surface area contributed by atoms with Crippen LogP contribution in [0, 0.1) is 0 Å². The van der Waals surface area contributed by atoms with E-state index in [9.17, 15) is 45.3 Å². The van der Waals surface area contributed by atoms with Crippen LogP contribution in [0.1, 0.15) is 168 Å². The minimum Gasteiger partial charge on any atom is -0.462 e. The van der Waals surface area contributed by atoms with Crippen LogP contribution in [0.4, 0.5) is 0 Å². The Morgan fingerprint density at radius 3 is 1.55 bits per heavy atom. The first-order chi connectivity index (χ1) is 31.0. The van der Waals surface area contributed by atoms with Crippen molar-refractivity contribution < 1.29 is 73.8 Å². The van der Waals surface area contributed by atoms with Crippen LogP contribution in [0.15, 0.2) is 36.5 Å². The monoisotopic (exact) mass is 915 g/mol. The molecule has 0 amide bonds. The van der Waals surface area contributed by atoms with Crippen LogP contribution in [0.25, 0.3) is 0 Å². The fraction of sp³-hybridized carbons (Fsp3) is 0.837. The van der Waals surface area contributed by atoms with Crippen LogP contribution < -0.4 is 0 Å². The lowest BCUT2D eigenvalue weighted by Crippen LogP contribution is -2.61. The van der Waals surface area contributed by atoms with E-state index in [2.05, 4.69) is 50.3 Å². The number of ether oxygens (including phenoxy) is 6. The highest BCUT2D eigenvalue weighted by Crippen LogP contribution is 2.26. The molecule has 0 saturated carbocycles. The van der Waals surface area contributed by atoms with Crippen molar-refractivity contribution in [2.75, 3.05) is 26.4 Å². The molecular weight excluding hydrogens is 829 g/mol. The van der Waals surface area contributed by atoms with E-state index in [1.165, 1.54) is 70.6 Å². The Bertz CT molecular complexity index is 1260. The van der Waals surface area contributed by atoms with Crippen molar-refractivity contribution in [2.24, 2.45) is 0 Å². The Balaban J connectivity index is 1.83. The summed E-state index contributed by atoms with van der Waals surface area (Å²) in [5.41, 5.74) is 0. The molecule has 0 aromatic heterocycles. The van der Waals surface area contributed by atoms with E-state index < -0.39 is 99.3 Å². The van der Waals surface area contributed by atoms with Gasteiger partial charge in [-0.05, 0) is 44.9 Å². The Hall–Kier alpha value is -2.28. The molecule has 2 rings (SSSR count). The van der Waals surface area contributed by atoms with Crippen LogP contribution in [0.2, 0.25) is 0 Å². The fourth-order valence-corrected chi connectivity index (χ4v) is 7.58. The third kappa shape index (κ3) is 25.0. The maximum atomic E-state index is 12.9. The summed E-state index contributed by atoms with van der Waals surface area (Å²) in [5.74, 6) is -0.957. The molecule has 0 aromatic carbocycles. The highest BCUT2D eigenvalue weighted by molar-refractivity contribution is 5.70. The number of aliphatic hydroxyl groups excluding tert-OH is 7. The number of allylic oxidation sites excluding steroid dienone is 6. The van der Waals surface area contributed by atoms with Crippen LogP contribution in [0.3, 0.4) is 0 Å². The third-order valence-electron chi connectivity index (χ3n) is 11.6. The van der Waals surface area contributed by atoms with E-state index >= 15 is 0 Å². The zero-order chi connectivity index (χ0) is 46.8. The molecule has 7 N–H and O–H groups in total. The van der Waals surface area contributed by atoms with Gasteiger partial charge >= 0.3 is 11.9 Å². The first-order valence-corrected chi connectivity index (χ1v) is 24.6. The van der Waals surface area contributed by atoms with Gasteiger partial charge in [0.2, 0.25) is 0 Å². The molecule has 2 fully saturated rings. The SMILES string of the molecule is CC/C=C\C/C=C\C/C=C\CCCCCC(=O)OC(COC(=O)CCCCCCCCCCCCCCCCC)COC1OC(COC2OC(CO)C(O)C(O)C2O)C(O)C(O)C1O. The van der Waals surface area contributed by atoms with Gasteiger partial charge in [-0.25, -0.2) is 0 Å². The Labute approximate surface area is 383 Å². The van der Waals surface area contributed by atoms with Crippen molar-refractivity contribution in [1.82, 2.24) is 0 Å². The number of esters is 2. The lowest BCUT2D eigenvalue weighted by molar-refractivity contribution is -0.332. The number of hydrogen-bond acceptors (Lipinski definition) is 15. The average Bonchev–Trinajstić information content (AvgIpc) is 3.29. The van der Waals surface area contributed by atoms with Crippen molar-refractivity contribution >= 4 is 11.9 Å². The summed E-state index contributed by atoms with van der Waals surface area (Å²) in [6.07, 6.45) is 20.4. The molecule has 0 bridgehead atoms. The Morgan fingerprint density at radius 2 is 0.984 bits per heavy atom. The van der Waals surface area contributed by atoms with Gasteiger partial charge in [-0.2, -0.15) is 0 Å². The lowest BCUT2D eigenvalue weighted by Gasteiger charge is -2.42. The van der Waals surface area contributed by atoms with Gasteiger partial charge in [0, 0.05) is 12.8 Å². The number of carbonyl (C=O) groups excluding carboxylic acids is 2. The van der Waals surface area contributed by atoms with E-state index in [1.807, 2.05) is 0 Å². The zero-order valence-electron chi connectivity index (χ0n) is 39.0. The van der Waals surface area contributed by atoms with Crippen molar-refractivity contribution in [2.45, 2.75) is 235 Å². The molecule has 2 aliphatic rings. The van der Waals surface area contributed by atoms with Gasteiger partial charge in [0.25, 0.3) is 0 Å². The second-order valence-corrected chi connectivity index (χ2v) is 17.3. The highest BCUT2D eigenvalue weighted by atomic mass is 16.7. The molecule has 0 radical (unpaired) electrons. The van der Waals surface area contributed by atoms with Gasteiger partial charge in [-0.1, -0.05) is 147 Å². The lowest BCUT2D eigenvalue weighted by atomic mass is 9.98. The van der Waals surface area contributed by atoms with Gasteiger partial charge in [-0.3, -0.25) is 9.59 Å². The molecule has 372 valence electrons. The molecule has 2 aliphatic heterocycles. The summed E-state index contributed by atoms with van der Waals surface area (Å²) >= 11 is 0. The van der Waals surface area contributed by atoms with Crippen LogP contribution in [-0.4, -0.2) is 142 Å². The minimum atomic E-state index is -1.77. The number of aliphatic hydroxyl groups is 7. The van der Waals surface area contributed by atoms with E-state index in [-0.39, 0.29) is 19.4 Å². The molecule has 11 atom stereocenters. The summed E-state index contributed by atoms with van der Waals surface area (Å²) in [7, 11) is 0. The zero-order valence-corrected chi connectivity index (χ0v) is 39.0. The maximum Gasteiger partial charge on any atom is 0.306 e. The number of carbonyl (C=O) groups is 2.